The molecule has 7 heteroatoms. The van der Waals surface area contributed by atoms with Gasteiger partial charge in [0.05, 0.1) is 31.3 Å². The Morgan fingerprint density at radius 3 is 2.68 bits per heavy atom. The van der Waals surface area contributed by atoms with E-state index in [1.807, 2.05) is 11.9 Å². The van der Waals surface area contributed by atoms with E-state index in [1.165, 1.54) is 12.8 Å². The van der Waals surface area contributed by atoms with Crippen molar-refractivity contribution in [2.75, 3.05) is 33.3 Å². The van der Waals surface area contributed by atoms with E-state index in [-0.39, 0.29) is 17.9 Å². The number of rotatable bonds is 3. The SMILES string of the molecule is CN1CC2(CN(C(=O)c3cccc(C#N)c3)C2)OC[C@@H]1C(=O)NC1CCCC1. The molecule has 1 spiro atoms. The number of amides is 2. The molecule has 4 rings (SSSR count). The summed E-state index contributed by atoms with van der Waals surface area (Å²) in [5, 5.41) is 12.2. The van der Waals surface area contributed by atoms with Gasteiger partial charge < -0.3 is 15.0 Å². The second-order valence-electron chi connectivity index (χ2n) is 8.27. The Kier molecular flexibility index (Phi) is 5.09. The predicted molar refractivity (Wildman–Crippen MR) is 103 cm³/mol. The highest BCUT2D eigenvalue weighted by molar-refractivity contribution is 5.95. The fraction of sp³-hybridized carbons (Fsp3) is 0.571. The third-order valence-corrected chi connectivity index (χ3v) is 6.11. The summed E-state index contributed by atoms with van der Waals surface area (Å²) < 4.78 is 6.08. The maximum absolute atomic E-state index is 12.7. The van der Waals surface area contributed by atoms with Crippen LogP contribution in [-0.4, -0.2) is 72.6 Å². The van der Waals surface area contributed by atoms with Gasteiger partial charge in [0, 0.05) is 18.2 Å². The van der Waals surface area contributed by atoms with Gasteiger partial charge in [0.25, 0.3) is 5.91 Å². The summed E-state index contributed by atoms with van der Waals surface area (Å²) in [4.78, 5) is 29.0. The van der Waals surface area contributed by atoms with Gasteiger partial charge >= 0.3 is 0 Å². The van der Waals surface area contributed by atoms with E-state index in [4.69, 9.17) is 10.00 Å². The largest absolute Gasteiger partial charge is 0.368 e. The second kappa shape index (κ2) is 7.53. The molecule has 148 valence electrons. The molecule has 0 unspecified atom stereocenters. The summed E-state index contributed by atoms with van der Waals surface area (Å²) in [5.41, 5.74) is 0.597. The Bertz CT molecular complexity index is 806. The quantitative estimate of drug-likeness (QED) is 0.847. The molecule has 1 atom stereocenters. The first-order valence-electron chi connectivity index (χ1n) is 9.94. The summed E-state index contributed by atoms with van der Waals surface area (Å²) in [6.45, 7) is 1.98. The number of carbonyl (C=O) groups is 2. The first kappa shape index (κ1) is 18.9. The maximum atomic E-state index is 12.7. The minimum atomic E-state index is -0.401. The van der Waals surface area contributed by atoms with Gasteiger partial charge in [-0.05, 0) is 38.1 Å². The summed E-state index contributed by atoms with van der Waals surface area (Å²) >= 11 is 0. The molecule has 0 bridgehead atoms. The van der Waals surface area contributed by atoms with Crippen LogP contribution in [0.25, 0.3) is 0 Å². The van der Waals surface area contributed by atoms with Crippen molar-refractivity contribution in [3.8, 4) is 6.07 Å². The number of benzene rings is 1. The molecule has 1 N–H and O–H groups in total. The minimum absolute atomic E-state index is 0.0461. The highest BCUT2D eigenvalue weighted by Crippen LogP contribution is 2.32. The van der Waals surface area contributed by atoms with Crippen molar-refractivity contribution in [3.63, 3.8) is 0 Å². The van der Waals surface area contributed by atoms with Gasteiger partial charge in [0.1, 0.15) is 11.6 Å². The van der Waals surface area contributed by atoms with Crippen LogP contribution in [0, 0.1) is 11.3 Å². The monoisotopic (exact) mass is 382 g/mol. The number of ether oxygens (including phenoxy) is 1. The topological polar surface area (TPSA) is 85.7 Å². The van der Waals surface area contributed by atoms with E-state index < -0.39 is 5.60 Å². The summed E-state index contributed by atoms with van der Waals surface area (Å²) in [6.07, 6.45) is 4.51. The van der Waals surface area contributed by atoms with E-state index in [2.05, 4.69) is 11.4 Å². The molecule has 1 aromatic carbocycles. The number of likely N-dealkylation sites (tertiary alicyclic amines) is 1. The van der Waals surface area contributed by atoms with Crippen molar-refractivity contribution in [1.29, 1.82) is 5.26 Å². The fourth-order valence-corrected chi connectivity index (χ4v) is 4.53. The van der Waals surface area contributed by atoms with E-state index in [9.17, 15) is 9.59 Å². The molecule has 2 amide bonds. The standard InChI is InChI=1S/C21H26N4O3/c1-24-12-21(28-11-18(24)19(26)23-17-7-2-3-8-17)13-25(14-21)20(27)16-6-4-5-15(9-16)10-22/h4-6,9,17-18H,2-3,7-8,11-14H2,1H3,(H,23,26)/t18-/m1/s1. The molecule has 1 saturated carbocycles. The molecule has 2 heterocycles. The Balaban J connectivity index is 1.32. The molecule has 28 heavy (non-hydrogen) atoms. The Labute approximate surface area is 165 Å². The zero-order valence-electron chi connectivity index (χ0n) is 16.2. The van der Waals surface area contributed by atoms with Crippen LogP contribution in [0.5, 0.6) is 0 Å². The van der Waals surface area contributed by atoms with Crippen LogP contribution in [0.3, 0.4) is 0 Å². The van der Waals surface area contributed by atoms with Crippen LogP contribution in [0.15, 0.2) is 24.3 Å². The van der Waals surface area contributed by atoms with Crippen LogP contribution >= 0.6 is 0 Å². The number of nitrogens with zero attached hydrogens (tertiary/aromatic N) is 3. The molecule has 0 radical (unpaired) electrons. The summed E-state index contributed by atoms with van der Waals surface area (Å²) in [7, 11) is 1.95. The Morgan fingerprint density at radius 2 is 2.00 bits per heavy atom. The normalized spacial score (nSPS) is 24.6. The zero-order chi connectivity index (χ0) is 19.7. The van der Waals surface area contributed by atoms with Crippen LogP contribution < -0.4 is 5.32 Å². The number of nitriles is 1. The number of nitrogens with one attached hydrogen (secondary N) is 1. The maximum Gasteiger partial charge on any atom is 0.254 e. The number of hydrogen-bond acceptors (Lipinski definition) is 5. The second-order valence-corrected chi connectivity index (χ2v) is 8.27. The summed E-state index contributed by atoms with van der Waals surface area (Å²) in [5.74, 6) is -0.0418. The van der Waals surface area contributed by atoms with Crippen molar-refractivity contribution in [1.82, 2.24) is 15.1 Å². The predicted octanol–water partition coefficient (Wildman–Crippen LogP) is 1.14. The lowest BCUT2D eigenvalue weighted by Crippen LogP contribution is -2.73. The van der Waals surface area contributed by atoms with Crippen LogP contribution in [0.1, 0.15) is 41.6 Å². The Morgan fingerprint density at radius 1 is 1.25 bits per heavy atom. The van der Waals surface area contributed by atoms with Gasteiger partial charge in [0.15, 0.2) is 0 Å². The number of carbonyl (C=O) groups excluding carboxylic acids is 2. The first-order chi connectivity index (χ1) is 13.5. The van der Waals surface area contributed by atoms with Crippen molar-refractivity contribution in [3.05, 3.63) is 35.4 Å². The van der Waals surface area contributed by atoms with Crippen molar-refractivity contribution in [2.45, 2.75) is 43.4 Å². The lowest BCUT2D eigenvalue weighted by molar-refractivity contribution is -0.187. The molecular formula is C21H26N4O3. The minimum Gasteiger partial charge on any atom is -0.368 e. The average molecular weight is 382 g/mol. The molecule has 3 fully saturated rings. The fourth-order valence-electron chi connectivity index (χ4n) is 4.53. The van der Waals surface area contributed by atoms with Gasteiger partial charge in [-0.25, -0.2) is 0 Å². The molecule has 3 aliphatic rings. The van der Waals surface area contributed by atoms with Gasteiger partial charge in [-0.1, -0.05) is 18.9 Å². The lowest BCUT2D eigenvalue weighted by atomic mass is 9.89. The zero-order valence-corrected chi connectivity index (χ0v) is 16.2. The highest BCUT2D eigenvalue weighted by Gasteiger charge is 2.51. The molecule has 1 aromatic rings. The molecule has 7 nitrogen and oxygen atoms in total. The summed E-state index contributed by atoms with van der Waals surface area (Å²) in [6, 6.07) is 8.84. The highest BCUT2D eigenvalue weighted by atomic mass is 16.5. The Hall–Kier alpha value is -2.43. The van der Waals surface area contributed by atoms with Crippen LogP contribution in [0.2, 0.25) is 0 Å². The van der Waals surface area contributed by atoms with Crippen molar-refractivity contribution >= 4 is 11.8 Å². The van der Waals surface area contributed by atoms with Crippen LogP contribution in [-0.2, 0) is 9.53 Å². The molecular weight excluding hydrogens is 356 g/mol. The molecule has 2 saturated heterocycles. The number of morpholine rings is 1. The first-order valence-corrected chi connectivity index (χ1v) is 9.94. The van der Waals surface area contributed by atoms with Crippen molar-refractivity contribution in [2.24, 2.45) is 0 Å². The van der Waals surface area contributed by atoms with Crippen molar-refractivity contribution < 1.29 is 14.3 Å². The number of hydrogen-bond donors (Lipinski definition) is 1. The molecule has 1 aliphatic carbocycles. The van der Waals surface area contributed by atoms with Crippen LogP contribution in [0.4, 0.5) is 0 Å². The smallest absolute Gasteiger partial charge is 0.254 e. The van der Waals surface area contributed by atoms with Gasteiger partial charge in [-0.2, -0.15) is 5.26 Å². The van der Waals surface area contributed by atoms with Gasteiger partial charge in [-0.15, -0.1) is 0 Å². The van der Waals surface area contributed by atoms with Gasteiger partial charge in [-0.3, -0.25) is 14.5 Å². The van der Waals surface area contributed by atoms with E-state index in [0.717, 1.165) is 12.8 Å². The third-order valence-electron chi connectivity index (χ3n) is 6.11. The molecule has 2 aliphatic heterocycles. The number of likely N-dealkylation sites (N-methyl/N-ethyl adjacent to an activating group) is 1. The van der Waals surface area contributed by atoms with E-state index in [0.29, 0.717) is 43.4 Å². The van der Waals surface area contributed by atoms with E-state index in [1.54, 1.807) is 29.2 Å². The van der Waals surface area contributed by atoms with E-state index >= 15 is 0 Å². The average Bonchev–Trinajstić information content (AvgIpc) is 3.18. The van der Waals surface area contributed by atoms with Gasteiger partial charge in [0.2, 0.25) is 5.91 Å². The molecule has 0 aromatic heterocycles. The lowest BCUT2D eigenvalue weighted by Gasteiger charge is -2.54. The third kappa shape index (κ3) is 3.62.